The van der Waals surface area contributed by atoms with Crippen LogP contribution in [0.15, 0.2) is 58.9 Å². The van der Waals surface area contributed by atoms with E-state index in [2.05, 4.69) is 20.8 Å². The highest BCUT2D eigenvalue weighted by Gasteiger charge is 2.11. The molecule has 9 heteroatoms. The van der Waals surface area contributed by atoms with Crippen LogP contribution in [-0.4, -0.2) is 33.5 Å². The minimum Gasteiger partial charge on any atom is -0.325 e. The highest BCUT2D eigenvalue weighted by atomic mass is 32.2. The molecule has 6 nitrogen and oxygen atoms in total. The maximum atomic E-state index is 12.0. The van der Waals surface area contributed by atoms with Crippen molar-refractivity contribution in [1.82, 2.24) is 10.2 Å². The van der Waals surface area contributed by atoms with Crippen LogP contribution < -0.4 is 10.6 Å². The fourth-order valence-electron chi connectivity index (χ4n) is 2.27. The number of anilines is 2. The third kappa shape index (κ3) is 7.52. The molecule has 0 atom stereocenters. The normalized spacial score (nSPS) is 10.5. The first-order valence-corrected chi connectivity index (χ1v) is 11.8. The van der Waals surface area contributed by atoms with Crippen molar-refractivity contribution in [3.63, 3.8) is 0 Å². The lowest BCUT2D eigenvalue weighted by Crippen LogP contribution is -2.14. The van der Waals surface area contributed by atoms with Gasteiger partial charge in [0.1, 0.15) is 0 Å². The zero-order valence-electron chi connectivity index (χ0n) is 15.8. The average molecular weight is 445 g/mol. The summed E-state index contributed by atoms with van der Waals surface area (Å²) in [7, 11) is 0. The molecule has 150 valence electrons. The fraction of sp³-hybridized carbons (Fsp3) is 0.200. The van der Waals surface area contributed by atoms with E-state index in [0.717, 1.165) is 17.0 Å². The van der Waals surface area contributed by atoms with Crippen LogP contribution in [0.25, 0.3) is 0 Å². The van der Waals surface area contributed by atoms with Gasteiger partial charge in [0.2, 0.25) is 16.9 Å². The van der Waals surface area contributed by atoms with Crippen LogP contribution in [0.3, 0.4) is 0 Å². The summed E-state index contributed by atoms with van der Waals surface area (Å²) < 4.78 is 0.635. The molecule has 0 unspecified atom stereocenters. The van der Waals surface area contributed by atoms with Crippen molar-refractivity contribution in [3.8, 4) is 0 Å². The highest BCUT2D eigenvalue weighted by Crippen LogP contribution is 2.26. The summed E-state index contributed by atoms with van der Waals surface area (Å²) in [5, 5.41) is 14.0. The zero-order valence-corrected chi connectivity index (χ0v) is 18.2. The van der Waals surface area contributed by atoms with Gasteiger partial charge in [-0.15, -0.1) is 22.0 Å². The van der Waals surface area contributed by atoms with Crippen LogP contribution in [0, 0.1) is 6.92 Å². The maximum Gasteiger partial charge on any atom is 0.236 e. The molecule has 29 heavy (non-hydrogen) atoms. The molecule has 3 aromatic rings. The molecular weight excluding hydrogens is 424 g/mol. The zero-order chi connectivity index (χ0) is 20.5. The van der Waals surface area contributed by atoms with Crippen molar-refractivity contribution in [2.75, 3.05) is 22.1 Å². The largest absolute Gasteiger partial charge is 0.325 e. The van der Waals surface area contributed by atoms with Crippen molar-refractivity contribution >= 4 is 57.5 Å². The van der Waals surface area contributed by atoms with Crippen LogP contribution in [-0.2, 0) is 15.3 Å². The number of aromatic nitrogens is 2. The first kappa shape index (κ1) is 21.4. The lowest BCUT2D eigenvalue weighted by molar-refractivity contribution is -0.114. The second-order valence-electron chi connectivity index (χ2n) is 6.10. The second kappa shape index (κ2) is 11.0. The van der Waals surface area contributed by atoms with E-state index >= 15 is 0 Å². The Bertz CT molecular complexity index is 946. The molecular formula is C20H20N4O2S3. The van der Waals surface area contributed by atoms with Gasteiger partial charge in [0.25, 0.3) is 0 Å². The van der Waals surface area contributed by atoms with Crippen LogP contribution in [0.4, 0.5) is 10.8 Å². The highest BCUT2D eigenvalue weighted by molar-refractivity contribution is 8.01. The first-order valence-electron chi connectivity index (χ1n) is 8.83. The van der Waals surface area contributed by atoms with Crippen LogP contribution in [0.1, 0.15) is 11.1 Å². The van der Waals surface area contributed by atoms with Gasteiger partial charge in [-0.25, -0.2) is 0 Å². The van der Waals surface area contributed by atoms with E-state index in [-0.39, 0.29) is 17.6 Å². The van der Waals surface area contributed by atoms with E-state index in [0.29, 0.717) is 15.2 Å². The minimum absolute atomic E-state index is 0.114. The van der Waals surface area contributed by atoms with Crippen molar-refractivity contribution in [2.24, 2.45) is 0 Å². The average Bonchev–Trinajstić information content (AvgIpc) is 3.16. The molecule has 0 aliphatic carbocycles. The van der Waals surface area contributed by atoms with Gasteiger partial charge >= 0.3 is 0 Å². The summed E-state index contributed by atoms with van der Waals surface area (Å²) in [5.41, 5.74) is 3.09. The number of hydrogen-bond acceptors (Lipinski definition) is 7. The number of rotatable bonds is 9. The molecule has 0 aliphatic rings. The third-order valence-electron chi connectivity index (χ3n) is 3.66. The van der Waals surface area contributed by atoms with E-state index in [1.807, 2.05) is 61.5 Å². The number of hydrogen-bond donors (Lipinski definition) is 2. The van der Waals surface area contributed by atoms with Crippen molar-refractivity contribution in [3.05, 3.63) is 65.7 Å². The summed E-state index contributed by atoms with van der Waals surface area (Å²) >= 11 is 4.09. The first-order chi connectivity index (χ1) is 14.1. The minimum atomic E-state index is -0.115. The Hall–Kier alpha value is -2.36. The molecule has 2 amide bonds. The Morgan fingerprint density at radius 1 is 0.931 bits per heavy atom. The summed E-state index contributed by atoms with van der Waals surface area (Å²) in [6.45, 7) is 2.00. The Kier molecular flexibility index (Phi) is 8.09. The number of amides is 2. The third-order valence-corrected chi connectivity index (χ3v) is 6.64. The van der Waals surface area contributed by atoms with Gasteiger partial charge in [-0.2, -0.15) is 0 Å². The van der Waals surface area contributed by atoms with Crippen molar-refractivity contribution < 1.29 is 9.59 Å². The number of thioether (sulfide) groups is 2. The number of aryl methyl sites for hydroxylation is 1. The van der Waals surface area contributed by atoms with Crippen molar-refractivity contribution in [1.29, 1.82) is 0 Å². The second-order valence-corrected chi connectivity index (χ2v) is 9.29. The Morgan fingerprint density at radius 2 is 1.66 bits per heavy atom. The number of nitrogens with one attached hydrogen (secondary N) is 2. The van der Waals surface area contributed by atoms with Crippen LogP contribution in [0.2, 0.25) is 0 Å². The predicted octanol–water partition coefficient (Wildman–Crippen LogP) is 4.45. The number of carbonyl (C=O) groups excluding carboxylic acids is 2. The molecule has 3 rings (SSSR count). The van der Waals surface area contributed by atoms with E-state index in [4.69, 9.17) is 0 Å². The Morgan fingerprint density at radius 3 is 2.41 bits per heavy atom. The molecule has 2 aromatic carbocycles. The quantitative estimate of drug-likeness (QED) is 0.375. The van der Waals surface area contributed by atoms with Gasteiger partial charge in [-0.1, -0.05) is 71.1 Å². The topological polar surface area (TPSA) is 84.0 Å². The Balaban J connectivity index is 1.37. The molecule has 0 saturated carbocycles. The Labute approximate surface area is 181 Å². The van der Waals surface area contributed by atoms with Gasteiger partial charge < -0.3 is 5.32 Å². The molecule has 0 spiro atoms. The van der Waals surface area contributed by atoms with Crippen LogP contribution in [0.5, 0.6) is 0 Å². The molecule has 1 aromatic heterocycles. The van der Waals surface area contributed by atoms with Gasteiger partial charge in [-0.05, 0) is 24.6 Å². The van der Waals surface area contributed by atoms with E-state index in [9.17, 15) is 9.59 Å². The molecule has 0 saturated heterocycles. The molecule has 0 bridgehead atoms. The lowest BCUT2D eigenvalue weighted by Gasteiger charge is -2.04. The predicted molar refractivity (Wildman–Crippen MR) is 122 cm³/mol. The van der Waals surface area contributed by atoms with Crippen LogP contribution >= 0.6 is 34.9 Å². The summed E-state index contributed by atoms with van der Waals surface area (Å²) in [5.74, 6) is 1.12. The summed E-state index contributed by atoms with van der Waals surface area (Å²) in [6, 6.07) is 17.6. The SMILES string of the molecule is Cc1ccc(NC(=O)CSc2nnc(NC(=O)CSCc3ccccc3)s2)cc1. The van der Waals surface area contributed by atoms with Gasteiger partial charge in [0.15, 0.2) is 4.34 Å². The smallest absolute Gasteiger partial charge is 0.236 e. The van der Waals surface area contributed by atoms with Gasteiger partial charge in [0.05, 0.1) is 11.5 Å². The lowest BCUT2D eigenvalue weighted by atomic mass is 10.2. The molecule has 1 heterocycles. The van der Waals surface area contributed by atoms with Crippen molar-refractivity contribution in [2.45, 2.75) is 17.0 Å². The van der Waals surface area contributed by atoms with Gasteiger partial charge in [0, 0.05) is 11.4 Å². The maximum absolute atomic E-state index is 12.0. The fourth-order valence-corrected chi connectivity index (χ4v) is 4.63. The monoisotopic (exact) mass is 444 g/mol. The molecule has 0 fully saturated rings. The standard InChI is InChI=1S/C20H20N4O2S3/c1-14-7-9-16(10-8-14)21-18(26)13-28-20-24-23-19(29-20)22-17(25)12-27-11-15-5-3-2-4-6-15/h2-10H,11-13H2,1H3,(H,21,26)(H,22,23,25). The number of benzene rings is 2. The summed E-state index contributed by atoms with van der Waals surface area (Å²) in [4.78, 5) is 24.1. The molecule has 0 radical (unpaired) electrons. The number of nitrogens with zero attached hydrogens (tertiary/aromatic N) is 2. The molecule has 0 aliphatic heterocycles. The van der Waals surface area contributed by atoms with E-state index in [1.54, 1.807) is 11.8 Å². The summed E-state index contributed by atoms with van der Waals surface area (Å²) in [6.07, 6.45) is 0. The van der Waals surface area contributed by atoms with Gasteiger partial charge in [-0.3, -0.25) is 14.9 Å². The number of carbonyl (C=O) groups is 2. The molecule has 2 N–H and O–H groups in total. The van der Waals surface area contributed by atoms with E-state index < -0.39 is 0 Å². The van der Waals surface area contributed by atoms with E-state index in [1.165, 1.54) is 28.7 Å².